The number of hydrogen-bond acceptors (Lipinski definition) is 3. The number of aromatic nitrogens is 1. The molecule has 0 spiro atoms. The van der Waals surface area contributed by atoms with E-state index in [9.17, 15) is 19.1 Å². The van der Waals surface area contributed by atoms with E-state index < -0.39 is 17.2 Å². The number of aryl methyl sites for hydroxylation is 1. The highest BCUT2D eigenvalue weighted by Gasteiger charge is 2.28. The van der Waals surface area contributed by atoms with Gasteiger partial charge in [0.1, 0.15) is 11.4 Å². The fourth-order valence-electron chi connectivity index (χ4n) is 3.72. The van der Waals surface area contributed by atoms with E-state index in [-0.39, 0.29) is 16.9 Å². The second-order valence-electron chi connectivity index (χ2n) is 6.47. The molecule has 2 aromatic rings. The fourth-order valence-corrected chi connectivity index (χ4v) is 3.72. The van der Waals surface area contributed by atoms with Gasteiger partial charge in [0, 0.05) is 18.1 Å². The van der Waals surface area contributed by atoms with Crippen molar-refractivity contribution in [1.82, 2.24) is 4.57 Å². The normalized spacial score (nSPS) is 20.6. The van der Waals surface area contributed by atoms with Crippen LogP contribution in [0.3, 0.4) is 0 Å². The van der Waals surface area contributed by atoms with Gasteiger partial charge in [-0.25, -0.2) is 9.18 Å². The van der Waals surface area contributed by atoms with Crippen LogP contribution < -0.4 is 11.2 Å². The van der Waals surface area contributed by atoms with E-state index in [1.54, 1.807) is 10.6 Å². The SMILES string of the molecule is CCn1cc(C(=O)O)c(=O)c2cc(F)c(C3CCC(CN)C3)cc21. The molecular weight excluding hydrogens is 311 g/mol. The van der Waals surface area contributed by atoms with Crippen molar-refractivity contribution in [3.05, 3.63) is 45.5 Å². The topological polar surface area (TPSA) is 85.3 Å². The highest BCUT2D eigenvalue weighted by atomic mass is 19.1. The van der Waals surface area contributed by atoms with Gasteiger partial charge in [0.15, 0.2) is 0 Å². The number of carboxylic acid groups (broad SMARTS) is 1. The first-order valence-electron chi connectivity index (χ1n) is 8.26. The zero-order valence-electron chi connectivity index (χ0n) is 13.6. The summed E-state index contributed by atoms with van der Waals surface area (Å²) < 4.78 is 16.3. The molecule has 0 amide bonds. The van der Waals surface area contributed by atoms with Crippen LogP contribution in [0.25, 0.3) is 10.9 Å². The van der Waals surface area contributed by atoms with E-state index in [4.69, 9.17) is 5.73 Å². The van der Waals surface area contributed by atoms with E-state index >= 15 is 0 Å². The maximum Gasteiger partial charge on any atom is 0.341 e. The van der Waals surface area contributed by atoms with Gasteiger partial charge in [0.25, 0.3) is 0 Å². The number of hydrogen-bond donors (Lipinski definition) is 2. The van der Waals surface area contributed by atoms with Gasteiger partial charge >= 0.3 is 5.97 Å². The number of nitrogens with two attached hydrogens (primary N) is 1. The maximum atomic E-state index is 14.6. The van der Waals surface area contributed by atoms with Gasteiger partial charge in [-0.1, -0.05) is 0 Å². The molecule has 1 fully saturated rings. The van der Waals surface area contributed by atoms with Crippen molar-refractivity contribution in [2.75, 3.05) is 6.54 Å². The average Bonchev–Trinajstić information content (AvgIpc) is 3.03. The van der Waals surface area contributed by atoms with Crippen LogP contribution in [-0.4, -0.2) is 22.2 Å². The van der Waals surface area contributed by atoms with Gasteiger partial charge in [-0.3, -0.25) is 4.79 Å². The van der Waals surface area contributed by atoms with Crippen LogP contribution in [0.2, 0.25) is 0 Å². The number of rotatable bonds is 4. The molecule has 3 N–H and O–H groups in total. The van der Waals surface area contributed by atoms with Gasteiger partial charge in [0.05, 0.1) is 5.52 Å². The van der Waals surface area contributed by atoms with Crippen molar-refractivity contribution in [1.29, 1.82) is 0 Å². The lowest BCUT2D eigenvalue weighted by atomic mass is 9.94. The van der Waals surface area contributed by atoms with Crippen molar-refractivity contribution in [3.8, 4) is 0 Å². The lowest BCUT2D eigenvalue weighted by Gasteiger charge is -2.16. The van der Waals surface area contributed by atoms with E-state index in [1.807, 2.05) is 6.92 Å². The second-order valence-corrected chi connectivity index (χ2v) is 6.47. The summed E-state index contributed by atoms with van der Waals surface area (Å²) in [6, 6.07) is 2.91. The number of pyridine rings is 1. The van der Waals surface area contributed by atoms with Crippen molar-refractivity contribution in [2.24, 2.45) is 11.7 Å². The molecule has 5 nitrogen and oxygen atoms in total. The molecule has 0 saturated heterocycles. The number of nitrogens with zero attached hydrogens (tertiary/aromatic N) is 1. The Bertz CT molecular complexity index is 859. The van der Waals surface area contributed by atoms with E-state index in [2.05, 4.69) is 0 Å². The number of aromatic carboxylic acids is 1. The van der Waals surface area contributed by atoms with Gasteiger partial charge in [-0.05, 0) is 62.3 Å². The summed E-state index contributed by atoms with van der Waals surface area (Å²) in [7, 11) is 0. The monoisotopic (exact) mass is 332 g/mol. The Morgan fingerprint density at radius 3 is 2.75 bits per heavy atom. The molecule has 1 aliphatic rings. The maximum absolute atomic E-state index is 14.6. The van der Waals surface area contributed by atoms with Crippen molar-refractivity contribution >= 4 is 16.9 Å². The molecule has 0 bridgehead atoms. The van der Waals surface area contributed by atoms with Crippen LogP contribution in [0.15, 0.2) is 23.1 Å². The number of fused-ring (bicyclic) bond motifs is 1. The molecule has 128 valence electrons. The van der Waals surface area contributed by atoms with E-state index in [0.717, 1.165) is 19.3 Å². The molecule has 1 aromatic carbocycles. The smallest absolute Gasteiger partial charge is 0.341 e. The largest absolute Gasteiger partial charge is 0.477 e. The minimum Gasteiger partial charge on any atom is -0.477 e. The Labute approximate surface area is 138 Å². The van der Waals surface area contributed by atoms with Crippen LogP contribution in [0, 0.1) is 11.7 Å². The van der Waals surface area contributed by atoms with Crippen molar-refractivity contribution in [3.63, 3.8) is 0 Å². The summed E-state index contributed by atoms with van der Waals surface area (Å²) in [5.74, 6) is -1.22. The summed E-state index contributed by atoms with van der Waals surface area (Å²) in [5.41, 5.74) is 5.93. The zero-order valence-corrected chi connectivity index (χ0v) is 13.6. The van der Waals surface area contributed by atoms with Crippen LogP contribution in [0.4, 0.5) is 4.39 Å². The average molecular weight is 332 g/mol. The van der Waals surface area contributed by atoms with Crippen LogP contribution >= 0.6 is 0 Å². The highest BCUT2D eigenvalue weighted by molar-refractivity contribution is 5.92. The lowest BCUT2D eigenvalue weighted by molar-refractivity contribution is 0.0695. The number of benzene rings is 1. The second kappa shape index (κ2) is 6.36. The Morgan fingerprint density at radius 2 is 2.17 bits per heavy atom. The molecule has 1 aromatic heterocycles. The van der Waals surface area contributed by atoms with Gasteiger partial charge < -0.3 is 15.4 Å². The molecule has 1 aliphatic carbocycles. The van der Waals surface area contributed by atoms with Crippen LogP contribution in [0.5, 0.6) is 0 Å². The molecule has 2 unspecified atom stereocenters. The van der Waals surface area contributed by atoms with Gasteiger partial charge in [0.2, 0.25) is 5.43 Å². The molecule has 0 radical (unpaired) electrons. The minimum absolute atomic E-state index is 0.0995. The fraction of sp³-hybridized carbons (Fsp3) is 0.444. The summed E-state index contributed by atoms with van der Waals surface area (Å²) in [6.45, 7) is 2.96. The predicted octanol–water partition coefficient (Wildman–Crippen LogP) is 2.70. The van der Waals surface area contributed by atoms with Crippen LogP contribution in [-0.2, 0) is 6.54 Å². The van der Waals surface area contributed by atoms with Crippen molar-refractivity contribution in [2.45, 2.75) is 38.6 Å². The minimum atomic E-state index is -1.30. The molecule has 1 saturated carbocycles. The summed E-state index contributed by atoms with van der Waals surface area (Å²) >= 11 is 0. The summed E-state index contributed by atoms with van der Waals surface area (Å²) in [5, 5.41) is 9.30. The Balaban J connectivity index is 2.19. The quantitative estimate of drug-likeness (QED) is 0.901. The Morgan fingerprint density at radius 1 is 1.42 bits per heavy atom. The van der Waals surface area contributed by atoms with Crippen molar-refractivity contribution < 1.29 is 14.3 Å². The van der Waals surface area contributed by atoms with E-state index in [1.165, 1.54) is 12.3 Å². The molecule has 6 heteroatoms. The lowest BCUT2D eigenvalue weighted by Crippen LogP contribution is -2.19. The Kier molecular flexibility index (Phi) is 4.41. The number of carbonyl (C=O) groups is 1. The molecule has 3 rings (SSSR count). The van der Waals surface area contributed by atoms with Gasteiger partial charge in [-0.15, -0.1) is 0 Å². The zero-order chi connectivity index (χ0) is 17.4. The van der Waals surface area contributed by atoms with E-state index in [0.29, 0.717) is 30.1 Å². The Hall–Kier alpha value is -2.21. The third-order valence-electron chi connectivity index (χ3n) is 5.08. The standard InChI is InChI=1S/C18H21FN2O3/c1-2-21-9-14(18(23)24)17(22)13-6-15(19)12(7-16(13)21)11-4-3-10(5-11)8-20/h6-7,9-11H,2-5,8,20H2,1H3,(H,23,24). The molecule has 0 aliphatic heterocycles. The summed E-state index contributed by atoms with van der Waals surface area (Å²) in [6.07, 6.45) is 4.06. The highest BCUT2D eigenvalue weighted by Crippen LogP contribution is 2.39. The number of carboxylic acids is 1. The predicted molar refractivity (Wildman–Crippen MR) is 89.9 cm³/mol. The summed E-state index contributed by atoms with van der Waals surface area (Å²) in [4.78, 5) is 23.6. The first-order chi connectivity index (χ1) is 11.5. The van der Waals surface area contributed by atoms with Gasteiger partial charge in [-0.2, -0.15) is 0 Å². The first-order valence-corrected chi connectivity index (χ1v) is 8.26. The molecule has 24 heavy (non-hydrogen) atoms. The molecular formula is C18H21FN2O3. The third-order valence-corrected chi connectivity index (χ3v) is 5.08. The van der Waals surface area contributed by atoms with Crippen LogP contribution in [0.1, 0.15) is 48.0 Å². The number of halogens is 1. The molecule has 2 atom stereocenters. The molecule has 1 heterocycles. The third kappa shape index (κ3) is 2.71. The first kappa shape index (κ1) is 16.6.